The van der Waals surface area contributed by atoms with Gasteiger partial charge < -0.3 is 144 Å². The molecule has 16 atom stereocenters. The third-order valence-electron chi connectivity index (χ3n) is 22.3. The molecule has 4 aromatic rings. The minimum Gasteiger partial charge on any atom is -0.481 e. The Morgan fingerprint density at radius 2 is 0.818 bits per heavy atom. The predicted molar refractivity (Wildman–Crippen MR) is 492 cm³/mol. The predicted octanol–water partition coefficient (Wildman–Crippen LogP) is -8.16. The van der Waals surface area contributed by atoms with Gasteiger partial charge >= 0.3 is 5.97 Å². The summed E-state index contributed by atoms with van der Waals surface area (Å²) in [6.07, 6.45) is -0.477. The molecule has 0 bridgehead atoms. The number of nitrogens with one attached hydrogen (secondary N) is 16. The zero-order chi connectivity index (χ0) is 101. The number of primary amides is 2. The number of aliphatic carboxylic acids is 1. The summed E-state index contributed by atoms with van der Waals surface area (Å²) in [6, 6.07) is 0.0964. The highest BCUT2D eigenvalue weighted by atomic mass is 16.4. The molecule has 0 unspecified atom stereocenters. The number of carboxylic acid groups (broad SMARTS) is 1. The van der Waals surface area contributed by atoms with Crippen LogP contribution in [0.2, 0.25) is 0 Å². The van der Waals surface area contributed by atoms with Gasteiger partial charge in [0.05, 0.1) is 39.0 Å². The van der Waals surface area contributed by atoms with Gasteiger partial charge in [-0.3, -0.25) is 101 Å². The Morgan fingerprint density at radius 3 is 1.33 bits per heavy atom. The summed E-state index contributed by atoms with van der Waals surface area (Å²) in [4.78, 5) is 283. The smallest absolute Gasteiger partial charge is 0.303 e. The molecule has 3 aromatic carbocycles. The molecule has 2 aliphatic heterocycles. The molecule has 48 nitrogen and oxygen atoms in total. The molecule has 19 amide bonds. The fourth-order valence-corrected chi connectivity index (χ4v) is 15.1. The van der Waals surface area contributed by atoms with Crippen molar-refractivity contribution in [2.24, 2.45) is 45.5 Å². The van der Waals surface area contributed by atoms with Gasteiger partial charge in [-0.25, -0.2) is 0 Å². The Balaban J connectivity index is 1.11. The average Bonchev–Trinajstić information content (AvgIpc) is 1.79. The number of guanidine groups is 1. The second-order valence-corrected chi connectivity index (χ2v) is 34.4. The van der Waals surface area contributed by atoms with E-state index in [2.05, 4.69) is 89.7 Å². The molecule has 6 rings (SSSR count). The molecular weight excluding hydrogens is 1790 g/mol. The van der Waals surface area contributed by atoms with Crippen LogP contribution in [0.3, 0.4) is 0 Å². The molecule has 0 radical (unpaired) electrons. The van der Waals surface area contributed by atoms with Crippen molar-refractivity contribution in [1.82, 2.24) is 94.5 Å². The Bertz CT molecular complexity index is 4920. The van der Waals surface area contributed by atoms with Crippen LogP contribution in [0.4, 0.5) is 0 Å². The molecule has 0 spiro atoms. The molecule has 0 saturated carbocycles. The second-order valence-electron chi connectivity index (χ2n) is 34.4. The van der Waals surface area contributed by atoms with Gasteiger partial charge in [0.1, 0.15) is 90.6 Å². The van der Waals surface area contributed by atoms with Gasteiger partial charge in [0.25, 0.3) is 0 Å². The number of aliphatic imine (C=N–C) groups is 1. The number of carbonyl (C=O) groups is 20. The molecule has 1 aromatic heterocycles. The molecule has 2 fully saturated rings. The summed E-state index contributed by atoms with van der Waals surface area (Å²) < 4.78 is 0. The quantitative estimate of drug-likeness (QED) is 0.0111. The van der Waals surface area contributed by atoms with E-state index in [1.807, 2.05) is 0 Å². The van der Waals surface area contributed by atoms with Crippen molar-refractivity contribution < 1.29 is 116 Å². The van der Waals surface area contributed by atoms with Gasteiger partial charge in [-0.05, 0) is 120 Å². The number of aliphatic hydroxyl groups is 3. The van der Waals surface area contributed by atoms with Crippen molar-refractivity contribution in [3.63, 3.8) is 0 Å². The van der Waals surface area contributed by atoms with E-state index < -0.39 is 267 Å². The van der Waals surface area contributed by atoms with Crippen LogP contribution < -0.4 is 108 Å². The van der Waals surface area contributed by atoms with Crippen molar-refractivity contribution in [2.45, 2.75) is 241 Å². The number of hydrogen-bond acceptors (Lipinski definition) is 25. The van der Waals surface area contributed by atoms with Crippen molar-refractivity contribution in [1.29, 1.82) is 0 Å². The lowest BCUT2D eigenvalue weighted by Gasteiger charge is -2.30. The number of carbonyl (C=O) groups excluding carboxylic acids is 19. The molecule has 48 heteroatoms. The topological polar surface area (TPSA) is 768 Å². The number of nitrogens with zero attached hydrogens (tertiary/aromatic N) is 3. The highest BCUT2D eigenvalue weighted by Gasteiger charge is 2.44. The van der Waals surface area contributed by atoms with Gasteiger partial charge in [0, 0.05) is 68.8 Å². The standard InChI is InChI=1S/C89H130N24O24/c1-46(2)35-60(102-71(119)42-98-76(125)57(29-31-72(120)121)101-70(118)41-97-74(123)48(5)90)80(129)109-65(44-115)84(133)111-66(45-116)88(137)113-34-18-27-68(113)86(135)108-62(38-52-21-12-9-13-22-52)81(130)107-63(39-53-40-96-55-24-15-14-23-54(53)55)82(131)110-64(43-114)83(132)106-61(36-47(3)4)79(128)99-49(6)75(124)100-50(7)87(136)112-33-17-26-67(112)85(134)104-58(28-30-69(91)117)78(127)103-56(25-16-32-95-89(93)94)77(126)105-59(73(92)122)37-51-19-10-8-11-20-51/h8-15,19-24,40,46-50,56-68,96,114-116H,16-18,25-39,41-45,90H2,1-7H3,(H2,91,117)(H2,92,122)(H,97,123)(H,98,125)(H,99,128)(H,100,124)(H,101,118)(H,102,119)(H,103,127)(H,104,134)(H,105,126)(H,106,132)(H,107,130)(H,108,135)(H,109,129)(H,110,131)(H,111,133)(H,120,121)(H4,93,94,95)/t48-,49-,50-,56-,57-,58-,59-,60-,61-,62-,63-,64-,65-,66-,67-,68-/m0/s1. The average molecular weight is 1920 g/mol. The van der Waals surface area contributed by atoms with E-state index in [1.165, 1.54) is 25.7 Å². The van der Waals surface area contributed by atoms with Crippen LogP contribution in [0, 0.1) is 11.8 Å². The zero-order valence-corrected chi connectivity index (χ0v) is 77.5. The van der Waals surface area contributed by atoms with Gasteiger partial charge in [0.2, 0.25) is 112 Å². The Labute approximate surface area is 789 Å². The van der Waals surface area contributed by atoms with Crippen LogP contribution in [0.25, 0.3) is 10.9 Å². The first kappa shape index (κ1) is 111. The third-order valence-corrected chi connectivity index (χ3v) is 22.3. The first-order valence-corrected chi connectivity index (χ1v) is 45.1. The van der Waals surface area contributed by atoms with Crippen LogP contribution >= 0.6 is 0 Å². The maximum absolute atomic E-state index is 15.1. The van der Waals surface area contributed by atoms with Crippen molar-refractivity contribution in [3.05, 3.63) is 108 Å². The van der Waals surface area contributed by atoms with Crippen LogP contribution in [-0.4, -0.2) is 309 Å². The maximum atomic E-state index is 15.1. The number of rotatable bonds is 56. The molecule has 750 valence electrons. The fraction of sp³-hybridized carbons (Fsp3) is 0.539. The highest BCUT2D eigenvalue weighted by Crippen LogP contribution is 2.24. The monoisotopic (exact) mass is 1920 g/mol. The van der Waals surface area contributed by atoms with E-state index in [4.69, 9.17) is 28.7 Å². The number of para-hydroxylation sites is 1. The van der Waals surface area contributed by atoms with Crippen LogP contribution in [0.15, 0.2) is 96.1 Å². The zero-order valence-electron chi connectivity index (χ0n) is 77.5. The van der Waals surface area contributed by atoms with Crippen LogP contribution in [-0.2, 0) is 115 Å². The van der Waals surface area contributed by atoms with E-state index >= 15 is 4.79 Å². The largest absolute Gasteiger partial charge is 0.481 e. The van der Waals surface area contributed by atoms with Gasteiger partial charge in [0.15, 0.2) is 5.96 Å². The molecule has 3 heterocycles. The number of hydrogen-bond donors (Lipinski definition) is 25. The fourth-order valence-electron chi connectivity index (χ4n) is 15.1. The van der Waals surface area contributed by atoms with E-state index in [-0.39, 0.29) is 114 Å². The van der Waals surface area contributed by atoms with E-state index in [0.29, 0.717) is 27.6 Å². The Hall–Kier alpha value is -14.3. The number of nitrogens with two attached hydrogens (primary N) is 5. The lowest BCUT2D eigenvalue weighted by atomic mass is 10.0. The number of H-pyrrole nitrogens is 1. The van der Waals surface area contributed by atoms with Crippen molar-refractivity contribution in [3.8, 4) is 0 Å². The molecule has 137 heavy (non-hydrogen) atoms. The summed E-state index contributed by atoms with van der Waals surface area (Å²) >= 11 is 0. The number of fused-ring (bicyclic) bond motifs is 1. The van der Waals surface area contributed by atoms with Crippen LogP contribution in [0.5, 0.6) is 0 Å². The lowest BCUT2D eigenvalue weighted by Crippen LogP contribution is -2.61. The Morgan fingerprint density at radius 1 is 0.416 bits per heavy atom. The van der Waals surface area contributed by atoms with Crippen molar-refractivity contribution in [2.75, 3.05) is 52.5 Å². The number of aliphatic hydroxyl groups excluding tert-OH is 3. The van der Waals surface area contributed by atoms with E-state index in [1.54, 1.807) is 119 Å². The third kappa shape index (κ3) is 36.5. The number of likely N-dealkylation sites (tertiary alicyclic amines) is 2. The number of amides is 19. The summed E-state index contributed by atoms with van der Waals surface area (Å²) in [5, 5.41) is 78.9. The van der Waals surface area contributed by atoms with E-state index in [9.17, 15) is 112 Å². The first-order chi connectivity index (χ1) is 64.9. The normalized spacial score (nSPS) is 16.4. The molecule has 2 saturated heterocycles. The highest BCUT2D eigenvalue weighted by molar-refractivity contribution is 6.02. The summed E-state index contributed by atoms with van der Waals surface area (Å²) in [5.74, 6) is -20.1. The summed E-state index contributed by atoms with van der Waals surface area (Å²) in [5.41, 5.74) is 29.9. The Kier molecular flexibility index (Phi) is 45.2. The second kappa shape index (κ2) is 55.5. The first-order valence-electron chi connectivity index (χ1n) is 45.1. The minimum atomic E-state index is -1.85. The maximum Gasteiger partial charge on any atom is 0.303 e. The SMILES string of the molecule is CC(C)C[C@H](NC(=O)CNC(=O)[C@H](CCC(=O)O)NC(=O)CNC(=O)[C@H](C)N)C(=O)N[C@@H](CO)C(=O)N[C@@H](CO)C(=O)N1CCC[C@H]1C(=O)N[C@@H](Cc1ccccc1)C(=O)N[C@@H](Cc1c[nH]c2ccccc12)C(=O)N[C@@H](CO)C(=O)N[C@@H](CC(C)C)C(=O)N[C@@H](C)C(=O)N[C@@H](C)C(=O)N1CCC[C@H]1C(=O)N[C@@H](CCC(N)=O)C(=O)N[C@@H](CCCN=C(N)N)C(=O)N[C@@H](Cc1ccccc1)C(N)=O. The number of carboxylic acids is 1. The van der Waals surface area contributed by atoms with E-state index in [0.717, 1.165) is 4.90 Å². The minimum absolute atomic E-state index is 0.00301. The van der Waals surface area contributed by atoms with Gasteiger partial charge in [-0.1, -0.05) is 107 Å². The number of aromatic nitrogens is 1. The summed E-state index contributed by atoms with van der Waals surface area (Å²) in [6.45, 7) is 5.85. The molecule has 30 N–H and O–H groups in total. The molecular formula is C89H130N24O24. The van der Waals surface area contributed by atoms with Gasteiger partial charge in [-0.15, -0.1) is 0 Å². The van der Waals surface area contributed by atoms with Crippen LogP contribution in [0.1, 0.15) is 142 Å². The number of benzene rings is 3. The van der Waals surface area contributed by atoms with Crippen molar-refractivity contribution >= 4 is 135 Å². The van der Waals surface area contributed by atoms with Gasteiger partial charge in [-0.2, -0.15) is 0 Å². The lowest BCUT2D eigenvalue weighted by molar-refractivity contribution is -0.143. The summed E-state index contributed by atoms with van der Waals surface area (Å²) in [7, 11) is 0. The molecule has 2 aliphatic rings. The number of aromatic amines is 1. The molecule has 0 aliphatic carbocycles.